The topological polar surface area (TPSA) is 84.2 Å². The van der Waals surface area contributed by atoms with Crippen LogP contribution >= 0.6 is 24.2 Å². The van der Waals surface area contributed by atoms with Gasteiger partial charge in [-0.15, -0.1) is 12.4 Å². The van der Waals surface area contributed by atoms with Crippen molar-refractivity contribution in [1.82, 2.24) is 10.6 Å². The lowest BCUT2D eigenvalue weighted by Gasteiger charge is -2.30. The van der Waals surface area contributed by atoms with Gasteiger partial charge in [-0.1, -0.05) is 20.8 Å². The van der Waals surface area contributed by atoms with Gasteiger partial charge in [0, 0.05) is 30.5 Å². The molecule has 0 radical (unpaired) electrons. The average molecular weight is 310 g/mol. The molecule has 7 heteroatoms. The first-order chi connectivity index (χ1) is 8.30. The molecule has 0 bridgehead atoms. The molecule has 1 aliphatic rings. The van der Waals surface area contributed by atoms with Crippen LogP contribution in [0.25, 0.3) is 0 Å². The highest BCUT2D eigenvalue weighted by molar-refractivity contribution is 7.99. The van der Waals surface area contributed by atoms with Crippen LogP contribution in [0.1, 0.15) is 27.2 Å². The van der Waals surface area contributed by atoms with Crippen molar-refractivity contribution in [2.75, 3.05) is 18.1 Å². The average Bonchev–Trinajstić information content (AvgIpc) is 2.25. The number of halogens is 1. The number of carbonyl (C=O) groups excluding carboxylic acids is 2. The van der Waals surface area contributed by atoms with Crippen LogP contribution < -0.4 is 16.4 Å². The summed E-state index contributed by atoms with van der Waals surface area (Å²) in [5.41, 5.74) is 4.97. The molecule has 112 valence electrons. The molecule has 0 spiro atoms. The Hall–Kier alpha value is -0.460. The maximum atomic E-state index is 11.9. The normalized spacial score (nSPS) is 21.1. The van der Waals surface area contributed by atoms with Crippen molar-refractivity contribution in [3.8, 4) is 0 Å². The van der Waals surface area contributed by atoms with E-state index in [4.69, 9.17) is 5.73 Å². The van der Waals surface area contributed by atoms with E-state index >= 15 is 0 Å². The van der Waals surface area contributed by atoms with Gasteiger partial charge in [0.2, 0.25) is 11.8 Å². The lowest BCUT2D eigenvalue weighted by molar-refractivity contribution is -0.130. The molecular weight excluding hydrogens is 286 g/mol. The molecule has 0 aliphatic carbocycles. The number of hydrogen-bond donors (Lipinski definition) is 3. The number of carbonyl (C=O) groups is 2. The SMILES string of the molecule is CC(C)(C)C(NC(=O)CC1CSCCN1)C(N)=O.Cl. The highest BCUT2D eigenvalue weighted by Crippen LogP contribution is 2.19. The molecule has 0 aromatic heterocycles. The van der Waals surface area contributed by atoms with Crippen LogP contribution in [0.2, 0.25) is 0 Å². The van der Waals surface area contributed by atoms with Crippen molar-refractivity contribution >= 4 is 36.0 Å². The van der Waals surface area contributed by atoms with Gasteiger partial charge >= 0.3 is 0 Å². The zero-order chi connectivity index (χ0) is 13.8. The monoisotopic (exact) mass is 309 g/mol. The molecule has 1 rings (SSSR count). The zero-order valence-electron chi connectivity index (χ0n) is 11.7. The minimum Gasteiger partial charge on any atom is -0.368 e. The molecular formula is C12H24ClN3O2S. The van der Waals surface area contributed by atoms with Gasteiger partial charge in [0.15, 0.2) is 0 Å². The molecule has 1 heterocycles. The first kappa shape index (κ1) is 18.5. The third-order valence-corrected chi connectivity index (χ3v) is 4.02. The number of amides is 2. The predicted octanol–water partition coefficient (Wildman–Crippen LogP) is 0.520. The number of nitrogens with two attached hydrogens (primary N) is 1. The van der Waals surface area contributed by atoms with E-state index in [0.29, 0.717) is 6.42 Å². The molecule has 1 fully saturated rings. The van der Waals surface area contributed by atoms with Crippen LogP contribution in [0.5, 0.6) is 0 Å². The molecule has 0 saturated carbocycles. The molecule has 0 aromatic rings. The molecule has 0 aromatic carbocycles. The van der Waals surface area contributed by atoms with Crippen LogP contribution in [0.3, 0.4) is 0 Å². The second kappa shape index (κ2) is 7.97. The Morgan fingerprint density at radius 1 is 1.47 bits per heavy atom. The number of nitrogens with one attached hydrogen (secondary N) is 2. The molecule has 2 atom stereocenters. The predicted molar refractivity (Wildman–Crippen MR) is 81.6 cm³/mol. The van der Waals surface area contributed by atoms with Crippen molar-refractivity contribution < 1.29 is 9.59 Å². The zero-order valence-corrected chi connectivity index (χ0v) is 13.3. The standard InChI is InChI=1S/C12H23N3O2S.ClH/c1-12(2,3)10(11(13)17)15-9(16)6-8-7-18-5-4-14-8;/h8,10,14H,4-7H2,1-3H3,(H2,13,17)(H,15,16);1H. The Balaban J connectivity index is 0.00000324. The first-order valence-corrected chi connectivity index (χ1v) is 7.36. The number of primary amides is 1. The second-order valence-corrected chi connectivity index (χ2v) is 6.85. The number of rotatable bonds is 4. The van der Waals surface area contributed by atoms with Gasteiger partial charge in [-0.25, -0.2) is 0 Å². The first-order valence-electron chi connectivity index (χ1n) is 6.20. The summed E-state index contributed by atoms with van der Waals surface area (Å²) in [7, 11) is 0. The Kier molecular flexibility index (Phi) is 7.78. The number of thioether (sulfide) groups is 1. The van der Waals surface area contributed by atoms with Crippen molar-refractivity contribution in [1.29, 1.82) is 0 Å². The van der Waals surface area contributed by atoms with Gasteiger partial charge in [0.05, 0.1) is 0 Å². The summed E-state index contributed by atoms with van der Waals surface area (Å²) in [4.78, 5) is 23.3. The van der Waals surface area contributed by atoms with E-state index in [9.17, 15) is 9.59 Å². The van der Waals surface area contributed by atoms with Gasteiger partial charge in [0.1, 0.15) is 6.04 Å². The van der Waals surface area contributed by atoms with Gasteiger partial charge in [0.25, 0.3) is 0 Å². The van der Waals surface area contributed by atoms with Crippen molar-refractivity contribution in [3.63, 3.8) is 0 Å². The summed E-state index contributed by atoms with van der Waals surface area (Å²) in [6, 6.07) is -0.432. The lowest BCUT2D eigenvalue weighted by atomic mass is 9.86. The molecule has 19 heavy (non-hydrogen) atoms. The molecule has 2 amide bonds. The minimum absolute atomic E-state index is 0. The maximum absolute atomic E-state index is 11.9. The third-order valence-electron chi connectivity index (χ3n) is 2.89. The molecule has 5 nitrogen and oxygen atoms in total. The Labute approximate surface area is 125 Å². The van der Waals surface area contributed by atoms with Crippen molar-refractivity contribution in [2.45, 2.75) is 39.3 Å². The van der Waals surface area contributed by atoms with Crippen LogP contribution in [-0.2, 0) is 9.59 Å². The highest BCUT2D eigenvalue weighted by Gasteiger charge is 2.31. The van der Waals surface area contributed by atoms with Crippen LogP contribution in [-0.4, -0.2) is 41.9 Å². The molecule has 4 N–H and O–H groups in total. The van der Waals surface area contributed by atoms with Gasteiger partial charge < -0.3 is 16.4 Å². The largest absolute Gasteiger partial charge is 0.368 e. The fraction of sp³-hybridized carbons (Fsp3) is 0.833. The fourth-order valence-electron chi connectivity index (χ4n) is 1.91. The quantitative estimate of drug-likeness (QED) is 0.707. The Morgan fingerprint density at radius 3 is 2.53 bits per heavy atom. The third kappa shape index (κ3) is 6.49. The Morgan fingerprint density at radius 2 is 2.11 bits per heavy atom. The summed E-state index contributed by atoms with van der Waals surface area (Å²) < 4.78 is 0. The van der Waals surface area contributed by atoms with E-state index in [2.05, 4.69) is 10.6 Å². The lowest BCUT2D eigenvalue weighted by Crippen LogP contribution is -2.53. The molecule has 1 aliphatic heterocycles. The van der Waals surface area contributed by atoms with Crippen molar-refractivity contribution in [2.24, 2.45) is 11.1 Å². The van der Waals surface area contributed by atoms with E-state index < -0.39 is 11.9 Å². The van der Waals surface area contributed by atoms with E-state index in [1.165, 1.54) is 0 Å². The van der Waals surface area contributed by atoms with Gasteiger partial charge in [-0.3, -0.25) is 9.59 Å². The van der Waals surface area contributed by atoms with Gasteiger partial charge in [-0.05, 0) is 5.41 Å². The Bertz CT molecular complexity index is 315. The van der Waals surface area contributed by atoms with E-state index in [1.807, 2.05) is 32.5 Å². The molecule has 1 saturated heterocycles. The summed E-state index contributed by atoms with van der Waals surface area (Å²) in [5.74, 6) is 1.42. The van der Waals surface area contributed by atoms with E-state index in [1.54, 1.807) is 0 Å². The fourth-order valence-corrected chi connectivity index (χ4v) is 2.86. The summed E-state index contributed by atoms with van der Waals surface area (Å²) >= 11 is 1.84. The highest BCUT2D eigenvalue weighted by atomic mass is 35.5. The van der Waals surface area contributed by atoms with Crippen LogP contribution in [0, 0.1) is 5.41 Å². The summed E-state index contributed by atoms with van der Waals surface area (Å²) in [6.07, 6.45) is 0.396. The summed E-state index contributed by atoms with van der Waals surface area (Å²) in [6.45, 7) is 6.59. The van der Waals surface area contributed by atoms with E-state index in [0.717, 1.165) is 18.1 Å². The molecule has 2 unspecified atom stereocenters. The minimum atomic E-state index is -0.624. The smallest absolute Gasteiger partial charge is 0.240 e. The van der Waals surface area contributed by atoms with Gasteiger partial charge in [-0.2, -0.15) is 11.8 Å². The second-order valence-electron chi connectivity index (χ2n) is 5.70. The van der Waals surface area contributed by atoms with Crippen molar-refractivity contribution in [3.05, 3.63) is 0 Å². The number of hydrogen-bond acceptors (Lipinski definition) is 4. The maximum Gasteiger partial charge on any atom is 0.240 e. The van der Waals surface area contributed by atoms with Crippen LogP contribution in [0.4, 0.5) is 0 Å². The van der Waals surface area contributed by atoms with E-state index in [-0.39, 0.29) is 29.8 Å². The van der Waals surface area contributed by atoms with Crippen LogP contribution in [0.15, 0.2) is 0 Å². The summed E-state index contributed by atoms with van der Waals surface area (Å²) in [5, 5.41) is 6.03.